The number of carboxylic acid groups (broad SMARTS) is 1. The van der Waals surface area contributed by atoms with Gasteiger partial charge in [0.25, 0.3) is 5.91 Å². The molecule has 0 heterocycles. The van der Waals surface area contributed by atoms with Crippen LogP contribution in [-0.2, 0) is 11.4 Å². The van der Waals surface area contributed by atoms with E-state index in [1.54, 1.807) is 54.6 Å². The van der Waals surface area contributed by atoms with Crippen molar-refractivity contribution in [2.45, 2.75) is 6.61 Å². The van der Waals surface area contributed by atoms with Crippen molar-refractivity contribution >= 4 is 18.0 Å². The van der Waals surface area contributed by atoms with E-state index in [1.807, 2.05) is 30.3 Å². The lowest BCUT2D eigenvalue weighted by Crippen LogP contribution is -2.27. The summed E-state index contributed by atoms with van der Waals surface area (Å²) >= 11 is 0. The lowest BCUT2D eigenvalue weighted by Gasteiger charge is -2.08. The van der Waals surface area contributed by atoms with Crippen LogP contribution in [0.1, 0.15) is 21.5 Å². The lowest BCUT2D eigenvalue weighted by molar-refractivity contribution is -0.132. The number of nitrogens with one attached hydrogen (secondary N) is 1. The first-order valence-electron chi connectivity index (χ1n) is 8.70. The van der Waals surface area contributed by atoms with Crippen LogP contribution in [0.4, 0.5) is 0 Å². The summed E-state index contributed by atoms with van der Waals surface area (Å²) in [5.41, 5.74) is 1.88. The zero-order valence-electron chi connectivity index (χ0n) is 15.0. The van der Waals surface area contributed by atoms with Gasteiger partial charge in [-0.15, -0.1) is 0 Å². The van der Waals surface area contributed by atoms with Crippen LogP contribution in [0, 0.1) is 0 Å². The monoisotopic (exact) mass is 373 g/mol. The number of rotatable bonds is 7. The Morgan fingerprint density at radius 1 is 0.857 bits per heavy atom. The van der Waals surface area contributed by atoms with Crippen LogP contribution in [0.5, 0.6) is 5.75 Å². The predicted molar refractivity (Wildman–Crippen MR) is 107 cm³/mol. The van der Waals surface area contributed by atoms with Crippen molar-refractivity contribution < 1.29 is 19.4 Å². The van der Waals surface area contributed by atoms with Crippen molar-refractivity contribution in [1.29, 1.82) is 0 Å². The first-order valence-corrected chi connectivity index (χ1v) is 8.70. The van der Waals surface area contributed by atoms with Crippen molar-refractivity contribution in [3.05, 3.63) is 107 Å². The number of carbonyl (C=O) groups excluding carboxylic acids is 1. The van der Waals surface area contributed by atoms with E-state index in [4.69, 9.17) is 4.74 Å². The molecule has 0 saturated carbocycles. The zero-order valence-corrected chi connectivity index (χ0v) is 15.0. The second-order valence-corrected chi connectivity index (χ2v) is 6.03. The van der Waals surface area contributed by atoms with E-state index < -0.39 is 11.9 Å². The molecular formula is C23H19NO4. The molecule has 0 radical (unpaired) electrons. The maximum Gasteiger partial charge on any atom is 0.352 e. The van der Waals surface area contributed by atoms with E-state index >= 15 is 0 Å². The van der Waals surface area contributed by atoms with Crippen molar-refractivity contribution in [3.8, 4) is 5.75 Å². The first-order chi connectivity index (χ1) is 13.6. The molecule has 0 aliphatic carbocycles. The maximum atomic E-state index is 12.2. The molecule has 1 amide bonds. The Bertz CT molecular complexity index is 965. The van der Waals surface area contributed by atoms with Crippen LogP contribution < -0.4 is 10.1 Å². The Labute approximate surface area is 162 Å². The van der Waals surface area contributed by atoms with Crippen LogP contribution in [-0.4, -0.2) is 17.0 Å². The topological polar surface area (TPSA) is 75.6 Å². The molecule has 3 aromatic rings. The second-order valence-electron chi connectivity index (χ2n) is 6.03. The maximum absolute atomic E-state index is 12.2. The Kier molecular flexibility index (Phi) is 6.21. The van der Waals surface area contributed by atoms with E-state index in [9.17, 15) is 14.7 Å². The molecular weight excluding hydrogens is 354 g/mol. The number of carbonyl (C=O) groups is 2. The number of aliphatic carboxylic acids is 1. The summed E-state index contributed by atoms with van der Waals surface area (Å²) in [7, 11) is 0. The zero-order chi connectivity index (χ0) is 19.8. The summed E-state index contributed by atoms with van der Waals surface area (Å²) in [6, 6.07) is 25.2. The fourth-order valence-electron chi connectivity index (χ4n) is 2.50. The highest BCUT2D eigenvalue weighted by Crippen LogP contribution is 2.16. The molecule has 3 rings (SSSR count). The van der Waals surface area contributed by atoms with Gasteiger partial charge in [0.05, 0.1) is 0 Å². The molecule has 5 nitrogen and oxygen atoms in total. The highest BCUT2D eigenvalue weighted by Gasteiger charge is 2.13. The highest BCUT2D eigenvalue weighted by atomic mass is 16.5. The minimum Gasteiger partial charge on any atom is -0.489 e. The summed E-state index contributed by atoms with van der Waals surface area (Å²) in [5, 5.41) is 11.8. The first kappa shape index (κ1) is 18.9. The van der Waals surface area contributed by atoms with Gasteiger partial charge in [-0.3, -0.25) is 4.79 Å². The van der Waals surface area contributed by atoms with Crippen molar-refractivity contribution in [2.24, 2.45) is 0 Å². The van der Waals surface area contributed by atoms with Gasteiger partial charge in [0.2, 0.25) is 0 Å². The van der Waals surface area contributed by atoms with Gasteiger partial charge in [0.1, 0.15) is 18.1 Å². The summed E-state index contributed by atoms with van der Waals surface area (Å²) in [4.78, 5) is 23.7. The number of hydrogen-bond acceptors (Lipinski definition) is 3. The van der Waals surface area contributed by atoms with Gasteiger partial charge in [-0.25, -0.2) is 4.79 Å². The van der Waals surface area contributed by atoms with Crippen LogP contribution in [0.15, 0.2) is 90.6 Å². The third-order valence-corrected chi connectivity index (χ3v) is 3.95. The molecule has 0 bridgehead atoms. The SMILES string of the molecule is O=C(O)C(=Cc1ccc(OCc2ccccc2)cc1)NC(=O)c1ccccc1. The van der Waals surface area contributed by atoms with Gasteiger partial charge in [-0.1, -0.05) is 60.7 Å². The molecule has 5 heteroatoms. The number of hydrogen-bond donors (Lipinski definition) is 2. The van der Waals surface area contributed by atoms with Gasteiger partial charge in [-0.05, 0) is 41.5 Å². The largest absolute Gasteiger partial charge is 0.489 e. The van der Waals surface area contributed by atoms with E-state index in [1.165, 1.54) is 6.08 Å². The number of benzene rings is 3. The smallest absolute Gasteiger partial charge is 0.352 e. The van der Waals surface area contributed by atoms with Gasteiger partial charge >= 0.3 is 5.97 Å². The van der Waals surface area contributed by atoms with Gasteiger partial charge in [0, 0.05) is 5.56 Å². The number of carboxylic acids is 1. The molecule has 28 heavy (non-hydrogen) atoms. The summed E-state index contributed by atoms with van der Waals surface area (Å²) < 4.78 is 5.72. The minimum absolute atomic E-state index is 0.202. The van der Waals surface area contributed by atoms with Gasteiger partial charge in [-0.2, -0.15) is 0 Å². The van der Waals surface area contributed by atoms with Crippen LogP contribution in [0.25, 0.3) is 6.08 Å². The third kappa shape index (κ3) is 5.32. The van der Waals surface area contributed by atoms with E-state index in [-0.39, 0.29) is 5.70 Å². The van der Waals surface area contributed by atoms with Crippen LogP contribution in [0.2, 0.25) is 0 Å². The Balaban J connectivity index is 1.67. The third-order valence-electron chi connectivity index (χ3n) is 3.95. The lowest BCUT2D eigenvalue weighted by atomic mass is 10.1. The Morgan fingerprint density at radius 2 is 1.46 bits per heavy atom. The molecule has 0 aromatic heterocycles. The molecule has 0 unspecified atom stereocenters. The van der Waals surface area contributed by atoms with Gasteiger partial charge in [0.15, 0.2) is 0 Å². The predicted octanol–water partition coefficient (Wildman–Crippen LogP) is 4.12. The van der Waals surface area contributed by atoms with Crippen LogP contribution in [0.3, 0.4) is 0 Å². The fourth-order valence-corrected chi connectivity index (χ4v) is 2.50. The van der Waals surface area contributed by atoms with Crippen molar-refractivity contribution in [1.82, 2.24) is 5.32 Å². The molecule has 140 valence electrons. The van der Waals surface area contributed by atoms with E-state index in [0.717, 1.165) is 5.56 Å². The van der Waals surface area contributed by atoms with Crippen molar-refractivity contribution in [2.75, 3.05) is 0 Å². The molecule has 2 N–H and O–H groups in total. The summed E-state index contributed by atoms with van der Waals surface area (Å²) in [6.07, 6.45) is 1.41. The molecule has 3 aromatic carbocycles. The molecule has 0 saturated heterocycles. The highest BCUT2D eigenvalue weighted by molar-refractivity contribution is 6.02. The number of ether oxygens (including phenoxy) is 1. The standard InChI is InChI=1S/C23H19NO4/c25-22(19-9-5-2-6-10-19)24-21(23(26)27)15-17-11-13-20(14-12-17)28-16-18-7-3-1-4-8-18/h1-15H,16H2,(H,24,25)(H,26,27). The quantitative estimate of drug-likeness (QED) is 0.611. The normalized spacial score (nSPS) is 10.9. The number of amides is 1. The minimum atomic E-state index is -1.21. The van der Waals surface area contributed by atoms with Crippen LogP contribution >= 0.6 is 0 Å². The molecule has 0 spiro atoms. The second kappa shape index (κ2) is 9.19. The summed E-state index contributed by atoms with van der Waals surface area (Å²) in [5.74, 6) is -1.02. The Morgan fingerprint density at radius 3 is 2.07 bits per heavy atom. The molecule has 0 aliphatic heterocycles. The average molecular weight is 373 g/mol. The van der Waals surface area contributed by atoms with Gasteiger partial charge < -0.3 is 15.2 Å². The Hall–Kier alpha value is -3.86. The van der Waals surface area contributed by atoms with E-state index in [0.29, 0.717) is 23.5 Å². The van der Waals surface area contributed by atoms with Crippen molar-refractivity contribution in [3.63, 3.8) is 0 Å². The molecule has 0 aliphatic rings. The average Bonchev–Trinajstić information content (AvgIpc) is 2.74. The van der Waals surface area contributed by atoms with E-state index in [2.05, 4.69) is 5.32 Å². The molecule has 0 fully saturated rings. The summed E-state index contributed by atoms with van der Waals surface area (Å²) in [6.45, 7) is 0.448. The molecule has 0 atom stereocenters. The fraction of sp³-hybridized carbons (Fsp3) is 0.0435.